The van der Waals surface area contributed by atoms with Gasteiger partial charge >= 0.3 is 55.4 Å². The molecule has 1 heterocycles. The first-order chi connectivity index (χ1) is 41.9. The van der Waals surface area contributed by atoms with Gasteiger partial charge in [-0.2, -0.15) is 132 Å². The molecule has 91 heavy (non-hydrogen) atoms. The average molecular weight is 1310 g/mol. The van der Waals surface area contributed by atoms with Gasteiger partial charge in [0.1, 0.15) is 11.9 Å². The maximum Gasteiger partial charge on any atom is 0.416 e. The summed E-state index contributed by atoms with van der Waals surface area (Å²) >= 11 is 0. The smallest absolute Gasteiger partial charge is 0.416 e. The van der Waals surface area contributed by atoms with Crippen LogP contribution in [-0.4, -0.2) is 17.9 Å². The summed E-state index contributed by atoms with van der Waals surface area (Å²) in [7, 11) is 0. The Balaban J connectivity index is 0.000000265. The summed E-state index contributed by atoms with van der Waals surface area (Å²) in [6.07, 6.45) is -53.0. The quantitative estimate of drug-likeness (QED) is 0.0342. The van der Waals surface area contributed by atoms with Crippen molar-refractivity contribution in [2.45, 2.75) is 56.0 Å². The fourth-order valence-electron chi connectivity index (χ4n) is 10.1. The van der Waals surface area contributed by atoms with Crippen molar-refractivity contribution in [3.63, 3.8) is 0 Å². The van der Waals surface area contributed by atoms with E-state index >= 15 is 0 Å². The molecule has 476 valence electrons. The largest absolute Gasteiger partial charge is 0.419 e. The summed E-state index contributed by atoms with van der Waals surface area (Å²) in [5, 5.41) is 1.63. The number of esters is 1. The number of fused-ring (bicyclic) bond motifs is 1. The summed E-state index contributed by atoms with van der Waals surface area (Å²) in [6.45, 7) is 0.0340. The predicted molar refractivity (Wildman–Crippen MR) is 282 cm³/mol. The predicted octanol–water partition coefficient (Wildman–Crippen LogP) is 17.1. The van der Waals surface area contributed by atoms with Gasteiger partial charge in [0, 0.05) is 11.6 Å². The molecule has 0 saturated heterocycles. The molecule has 9 rings (SSSR count). The Bertz CT molecular complexity index is 3710. The molecule has 0 spiro atoms. The van der Waals surface area contributed by atoms with E-state index in [1.54, 1.807) is 35.0 Å². The van der Waals surface area contributed by atoms with Gasteiger partial charge in [-0.1, -0.05) is 140 Å². The first kappa shape index (κ1) is 67.6. The molecular weight excluding hydrogens is 1270 g/mol. The summed E-state index contributed by atoms with van der Waals surface area (Å²) in [5.74, 6) is -0.147. The van der Waals surface area contributed by atoms with Crippen molar-refractivity contribution in [2.75, 3.05) is 0 Å². The number of ketones is 1. The van der Waals surface area contributed by atoms with Crippen molar-refractivity contribution < 1.29 is 124 Å². The van der Waals surface area contributed by atoms with Crippen molar-refractivity contribution >= 4 is 50.5 Å². The van der Waals surface area contributed by atoms with Gasteiger partial charge in [0.25, 0.3) is 5.69 Å². The second-order valence-corrected chi connectivity index (χ2v) is 20.2. The van der Waals surface area contributed by atoms with Crippen LogP contribution in [0, 0.1) is 0 Å². The van der Waals surface area contributed by atoms with E-state index in [-0.39, 0.29) is 12.3 Å². The van der Waals surface area contributed by atoms with Crippen LogP contribution in [0.25, 0.3) is 21.9 Å². The standard InChI is InChI=1S/C32H12BF24.C30H22NO3/c34-25(35,36)13-1-14(26(37,38)39)6-21(5-13)33(22-7-15(27(40,41)42)2-16(8-22)28(43,44)45,23-9-17(29(46,47)48)3-18(10-23)30(49,50)51)24-11-19(31(52,53)54)4-20(12-24)32(55,56)57;32-28(25-12-5-2-6-13-25)21-31-20-19-24-11-7-8-14-27(24)29(31)30(33)34-26-17-15-23(16-18-26)22-9-3-1-4-10-22/h1-12H;1-20H,21H2/q-1;+1. The summed E-state index contributed by atoms with van der Waals surface area (Å²) in [5.41, 5.74) is -27.1. The highest BCUT2D eigenvalue weighted by molar-refractivity contribution is 7.20. The molecule has 4 nitrogen and oxygen atoms in total. The number of benzene rings is 8. The molecule has 0 N–H and O–H groups in total. The monoisotopic (exact) mass is 1310 g/mol. The van der Waals surface area contributed by atoms with Crippen molar-refractivity contribution in [1.82, 2.24) is 0 Å². The molecule has 0 aliphatic heterocycles. The van der Waals surface area contributed by atoms with E-state index in [2.05, 4.69) is 0 Å². The third-order valence-corrected chi connectivity index (χ3v) is 14.2. The minimum absolute atomic E-state index is 0.0340. The third kappa shape index (κ3) is 15.3. The zero-order valence-electron chi connectivity index (χ0n) is 45.0. The average Bonchev–Trinajstić information content (AvgIpc) is 0.721. The van der Waals surface area contributed by atoms with Crippen LogP contribution in [0.3, 0.4) is 0 Å². The lowest BCUT2D eigenvalue weighted by Gasteiger charge is -2.46. The lowest BCUT2D eigenvalue weighted by molar-refractivity contribution is -0.684. The molecule has 0 fully saturated rings. The number of aromatic nitrogens is 1. The lowest BCUT2D eigenvalue weighted by atomic mass is 9.12. The van der Waals surface area contributed by atoms with Crippen molar-refractivity contribution in [1.29, 1.82) is 0 Å². The summed E-state index contributed by atoms with van der Waals surface area (Å²) < 4.78 is 348. The number of nitrogens with zero attached hydrogens (tertiary/aromatic N) is 1. The second-order valence-electron chi connectivity index (χ2n) is 20.2. The molecule has 0 radical (unpaired) electrons. The molecule has 0 bridgehead atoms. The number of halogens is 24. The van der Waals surface area contributed by atoms with Crippen molar-refractivity contribution in [3.05, 3.63) is 250 Å². The Hall–Kier alpha value is -9.31. The van der Waals surface area contributed by atoms with Gasteiger partial charge in [0.2, 0.25) is 12.3 Å². The molecule has 0 aliphatic carbocycles. The maximum atomic E-state index is 14.2. The minimum atomic E-state index is -6.13. The molecule has 0 amide bonds. The molecule has 0 atom stereocenters. The molecule has 0 saturated carbocycles. The van der Waals surface area contributed by atoms with E-state index in [4.69, 9.17) is 4.74 Å². The van der Waals surface area contributed by atoms with Crippen LogP contribution in [-0.2, 0) is 56.0 Å². The van der Waals surface area contributed by atoms with Crippen LogP contribution in [0.5, 0.6) is 5.75 Å². The lowest BCUT2D eigenvalue weighted by Crippen LogP contribution is -2.75. The van der Waals surface area contributed by atoms with Crippen molar-refractivity contribution in [2.24, 2.45) is 0 Å². The topological polar surface area (TPSA) is 47.2 Å². The fourth-order valence-corrected chi connectivity index (χ4v) is 10.1. The highest BCUT2D eigenvalue weighted by Crippen LogP contribution is 2.42. The van der Waals surface area contributed by atoms with E-state index < -0.39 is 201 Å². The van der Waals surface area contributed by atoms with Crippen molar-refractivity contribution in [3.8, 4) is 16.9 Å². The number of carbonyl (C=O) groups excluding carboxylic acids is 2. The molecular formula is C62H34BF24NO3. The van der Waals surface area contributed by atoms with Gasteiger partial charge in [0.15, 0.2) is 6.20 Å². The highest BCUT2D eigenvalue weighted by Gasteiger charge is 2.47. The van der Waals surface area contributed by atoms with Gasteiger partial charge in [-0.15, -0.1) is 0 Å². The van der Waals surface area contributed by atoms with Crippen LogP contribution in [0.4, 0.5) is 105 Å². The van der Waals surface area contributed by atoms with E-state index in [1.165, 1.54) is 0 Å². The highest BCUT2D eigenvalue weighted by atomic mass is 19.4. The van der Waals surface area contributed by atoms with E-state index in [1.807, 2.05) is 91.0 Å². The zero-order valence-corrected chi connectivity index (χ0v) is 45.0. The molecule has 9 aromatic rings. The van der Waals surface area contributed by atoms with Crippen LogP contribution in [0.2, 0.25) is 0 Å². The van der Waals surface area contributed by atoms with Gasteiger partial charge in [0.05, 0.1) is 49.9 Å². The molecule has 0 aliphatic rings. The summed E-state index contributed by atoms with van der Waals surface area (Å²) in [6, 6.07) is 27.2. The maximum absolute atomic E-state index is 14.2. The normalized spacial score (nSPS) is 13.0. The van der Waals surface area contributed by atoms with Crippen LogP contribution in [0.1, 0.15) is 65.4 Å². The van der Waals surface area contributed by atoms with Crippen LogP contribution < -0.4 is 31.2 Å². The van der Waals surface area contributed by atoms with Gasteiger partial charge in [-0.3, -0.25) is 4.79 Å². The number of alkyl halides is 24. The van der Waals surface area contributed by atoms with Crippen LogP contribution in [0.15, 0.2) is 194 Å². The molecule has 0 unspecified atom stereocenters. The SMILES string of the molecule is FC(F)(F)c1cc([B-](c2cc(C(F)(F)F)cc(C(F)(F)F)c2)(c2cc(C(F)(F)F)cc(C(F)(F)F)c2)c2cc(C(F)(F)F)cc(C(F)(F)F)c2)cc(C(F)(F)F)c1.O=C(C[n+]1ccc2ccccc2c1C(=O)Oc1ccc(-c2ccccc2)cc1)c1ccccc1. The number of Topliss-reactive ketones (excluding diaryl/α,β-unsaturated/α-hetero) is 1. The second kappa shape index (κ2) is 24.5. The Kier molecular flexibility index (Phi) is 18.2. The minimum Gasteiger partial charge on any atom is -0.419 e. The van der Waals surface area contributed by atoms with E-state index in [0.29, 0.717) is 17.0 Å². The molecule has 8 aromatic carbocycles. The zero-order chi connectivity index (χ0) is 67.2. The first-order valence-corrected chi connectivity index (χ1v) is 25.7. The fraction of sp³-hybridized carbons (Fsp3) is 0.145. The Morgan fingerprint density at radius 2 is 0.637 bits per heavy atom. The Labute approximate surface area is 496 Å². The number of carbonyl (C=O) groups is 2. The number of pyridine rings is 1. The Morgan fingerprint density at radius 1 is 0.341 bits per heavy atom. The summed E-state index contributed by atoms with van der Waals surface area (Å²) in [4.78, 5) is 26.3. The Morgan fingerprint density at radius 3 is 0.967 bits per heavy atom. The van der Waals surface area contributed by atoms with E-state index in [9.17, 15) is 115 Å². The first-order valence-electron chi connectivity index (χ1n) is 25.7. The van der Waals surface area contributed by atoms with Gasteiger partial charge in [-0.05, 0) is 59.0 Å². The number of ether oxygens (including phenoxy) is 1. The van der Waals surface area contributed by atoms with Crippen LogP contribution >= 0.6 is 0 Å². The molecule has 1 aromatic heterocycles. The number of rotatable bonds is 10. The van der Waals surface area contributed by atoms with Gasteiger partial charge < -0.3 is 4.74 Å². The number of hydrogen-bond acceptors (Lipinski definition) is 3. The van der Waals surface area contributed by atoms with E-state index in [0.717, 1.165) is 21.9 Å². The molecule has 29 heteroatoms. The van der Waals surface area contributed by atoms with Gasteiger partial charge in [-0.25, -0.2) is 4.79 Å². The number of hydrogen-bond donors (Lipinski definition) is 0. The third-order valence-electron chi connectivity index (χ3n) is 14.2.